The van der Waals surface area contributed by atoms with Gasteiger partial charge in [0, 0.05) is 18.8 Å². The molecule has 3 aliphatic carbocycles. The third kappa shape index (κ3) is 6.81. The maximum absolute atomic E-state index is 13.0. The summed E-state index contributed by atoms with van der Waals surface area (Å²) >= 11 is 0. The van der Waals surface area contributed by atoms with Gasteiger partial charge in [0.15, 0.2) is 11.5 Å². The first-order valence-electron chi connectivity index (χ1n) is 15.6. The minimum absolute atomic E-state index is 0.0131. The minimum Gasteiger partial charge on any atom is -0.505 e. The smallest absolute Gasteiger partial charge is 0.306 e. The van der Waals surface area contributed by atoms with E-state index in [4.69, 9.17) is 15.2 Å². The zero-order chi connectivity index (χ0) is 30.4. The fraction of sp³-hybridized carbons (Fsp3) is 0.636. The number of nitrogens with one attached hydrogen (secondary N) is 1. The van der Waals surface area contributed by atoms with Crippen LogP contribution in [0.5, 0.6) is 11.5 Å². The number of aromatic hydroxyl groups is 1. The SMILES string of the molecule is CCCCC(=O)/C=C1/CCC2C(CCC3C2CCC3(CC)OC(=O)CCC(=O)Nc2ccc(OC)c(C(N)=O)c2O)C1. The van der Waals surface area contributed by atoms with E-state index in [0.717, 1.165) is 64.2 Å². The van der Waals surface area contributed by atoms with Crippen molar-refractivity contribution in [3.63, 3.8) is 0 Å². The first-order valence-corrected chi connectivity index (χ1v) is 15.6. The number of benzene rings is 1. The molecule has 0 saturated heterocycles. The molecule has 1 aromatic rings. The van der Waals surface area contributed by atoms with E-state index in [9.17, 15) is 24.3 Å². The molecule has 0 radical (unpaired) electrons. The summed E-state index contributed by atoms with van der Waals surface area (Å²) in [6.07, 6.45) is 12.2. The Bertz CT molecular complexity index is 1220. The molecular formula is C33H46N2O7. The van der Waals surface area contributed by atoms with Crippen LogP contribution in [0.1, 0.15) is 108 Å². The second kappa shape index (κ2) is 13.7. The van der Waals surface area contributed by atoms with Gasteiger partial charge in [0.05, 0.1) is 19.2 Å². The maximum Gasteiger partial charge on any atom is 0.306 e. The number of ketones is 1. The largest absolute Gasteiger partial charge is 0.505 e. The maximum atomic E-state index is 13.0. The van der Waals surface area contributed by atoms with Crippen LogP contribution in [-0.4, -0.2) is 41.4 Å². The van der Waals surface area contributed by atoms with Crippen molar-refractivity contribution in [3.05, 3.63) is 29.3 Å². The Morgan fingerprint density at radius 3 is 2.55 bits per heavy atom. The molecule has 0 spiro atoms. The fourth-order valence-corrected chi connectivity index (χ4v) is 7.84. The van der Waals surface area contributed by atoms with Gasteiger partial charge in [0.1, 0.15) is 16.9 Å². The summed E-state index contributed by atoms with van der Waals surface area (Å²) in [6.45, 7) is 4.19. The highest BCUT2D eigenvalue weighted by Gasteiger charge is 2.55. The van der Waals surface area contributed by atoms with E-state index < -0.39 is 29.1 Å². The molecule has 4 rings (SSSR count). The van der Waals surface area contributed by atoms with Crippen LogP contribution in [0.15, 0.2) is 23.8 Å². The second-order valence-electron chi connectivity index (χ2n) is 12.3. The van der Waals surface area contributed by atoms with E-state index in [2.05, 4.69) is 19.2 Å². The Morgan fingerprint density at radius 2 is 1.86 bits per heavy atom. The summed E-state index contributed by atoms with van der Waals surface area (Å²) in [5, 5.41) is 13.0. The van der Waals surface area contributed by atoms with Gasteiger partial charge in [-0.25, -0.2) is 0 Å². The highest BCUT2D eigenvalue weighted by atomic mass is 16.6. The van der Waals surface area contributed by atoms with E-state index in [1.165, 1.54) is 24.8 Å². The number of phenols is 1. The molecule has 5 unspecified atom stereocenters. The lowest BCUT2D eigenvalue weighted by molar-refractivity contribution is -0.168. The van der Waals surface area contributed by atoms with Crippen molar-refractivity contribution in [2.24, 2.45) is 29.4 Å². The Balaban J connectivity index is 1.32. The number of anilines is 1. The Morgan fingerprint density at radius 1 is 1.07 bits per heavy atom. The predicted molar refractivity (Wildman–Crippen MR) is 159 cm³/mol. The fourth-order valence-electron chi connectivity index (χ4n) is 7.84. The van der Waals surface area contributed by atoms with Gasteiger partial charge in [-0.2, -0.15) is 0 Å². The monoisotopic (exact) mass is 582 g/mol. The molecule has 0 aliphatic heterocycles. The topological polar surface area (TPSA) is 145 Å². The molecule has 1 aromatic carbocycles. The third-order valence-corrected chi connectivity index (χ3v) is 9.91. The lowest BCUT2D eigenvalue weighted by Gasteiger charge is -2.47. The molecule has 2 amide bonds. The van der Waals surface area contributed by atoms with Crippen LogP contribution in [-0.2, 0) is 19.1 Å². The molecule has 9 nitrogen and oxygen atoms in total. The lowest BCUT2D eigenvalue weighted by Crippen LogP contribution is -2.45. The number of hydrogen-bond acceptors (Lipinski definition) is 7. The van der Waals surface area contributed by atoms with Crippen LogP contribution >= 0.6 is 0 Å². The number of hydrogen-bond donors (Lipinski definition) is 3. The van der Waals surface area contributed by atoms with Crippen molar-refractivity contribution in [1.29, 1.82) is 0 Å². The van der Waals surface area contributed by atoms with Crippen LogP contribution in [0.3, 0.4) is 0 Å². The number of amides is 2. The van der Waals surface area contributed by atoms with Crippen LogP contribution in [0, 0.1) is 23.7 Å². The van der Waals surface area contributed by atoms with E-state index in [1.54, 1.807) is 0 Å². The standard InChI is InChI=1S/C33H46N2O7/c1-4-6-7-22(36)19-20-8-10-23-21(18-20)9-11-25-24(23)16-17-33(25,5-2)42-29(38)15-14-28(37)35-26-12-13-27(41-3)30(31(26)39)32(34)40/h12-13,19,21,23-25,39H,4-11,14-18H2,1-3H3,(H2,34,40)(H,35,37)/b20-19-. The van der Waals surface area contributed by atoms with Gasteiger partial charge in [0.2, 0.25) is 5.91 Å². The van der Waals surface area contributed by atoms with Gasteiger partial charge < -0.3 is 25.6 Å². The van der Waals surface area contributed by atoms with Gasteiger partial charge in [0.25, 0.3) is 5.91 Å². The van der Waals surface area contributed by atoms with Gasteiger partial charge in [-0.3, -0.25) is 19.2 Å². The van der Waals surface area contributed by atoms with E-state index >= 15 is 0 Å². The average Bonchev–Trinajstić information content (AvgIpc) is 3.34. The zero-order valence-electron chi connectivity index (χ0n) is 25.2. The number of primary amides is 1. The number of rotatable bonds is 12. The van der Waals surface area contributed by atoms with Gasteiger partial charge in [-0.05, 0) is 93.7 Å². The molecule has 3 aliphatic rings. The van der Waals surface area contributed by atoms with E-state index in [-0.39, 0.29) is 35.6 Å². The van der Waals surface area contributed by atoms with Gasteiger partial charge in [-0.15, -0.1) is 0 Å². The average molecular weight is 583 g/mol. The molecule has 9 heteroatoms. The number of carbonyl (C=O) groups excluding carboxylic acids is 4. The number of unbranched alkanes of at least 4 members (excludes halogenated alkanes) is 1. The summed E-state index contributed by atoms with van der Waals surface area (Å²) in [7, 11) is 1.34. The van der Waals surface area contributed by atoms with Gasteiger partial charge in [-0.1, -0.05) is 25.8 Å². The number of nitrogens with two attached hydrogens (primary N) is 1. The van der Waals surface area contributed by atoms with Crippen molar-refractivity contribution in [2.75, 3.05) is 12.4 Å². The highest BCUT2D eigenvalue weighted by Crippen LogP contribution is 2.58. The number of allylic oxidation sites excluding steroid dienone is 2. The molecule has 0 bridgehead atoms. The predicted octanol–water partition coefficient (Wildman–Crippen LogP) is 5.83. The minimum atomic E-state index is -0.888. The zero-order valence-corrected chi connectivity index (χ0v) is 25.2. The Labute approximate surface area is 248 Å². The molecule has 0 aromatic heterocycles. The molecule has 0 heterocycles. The van der Waals surface area contributed by atoms with Crippen LogP contribution < -0.4 is 15.8 Å². The Hall–Kier alpha value is -3.36. The van der Waals surface area contributed by atoms with Crippen molar-refractivity contribution in [3.8, 4) is 11.5 Å². The number of methoxy groups -OCH3 is 1. The second-order valence-corrected chi connectivity index (χ2v) is 12.3. The number of fused-ring (bicyclic) bond motifs is 3. The third-order valence-electron chi connectivity index (χ3n) is 9.91. The molecule has 5 atom stereocenters. The Kier molecular flexibility index (Phi) is 10.3. The van der Waals surface area contributed by atoms with Gasteiger partial charge >= 0.3 is 5.97 Å². The first kappa shape index (κ1) is 31.6. The van der Waals surface area contributed by atoms with Crippen molar-refractivity contribution < 1.29 is 33.8 Å². The quantitative estimate of drug-likeness (QED) is 0.160. The highest BCUT2D eigenvalue weighted by molar-refractivity contribution is 6.02. The molecule has 3 saturated carbocycles. The molecule has 230 valence electrons. The first-order chi connectivity index (χ1) is 20.1. The van der Waals surface area contributed by atoms with Crippen LogP contribution in [0.25, 0.3) is 0 Å². The summed E-state index contributed by atoms with van der Waals surface area (Å²) in [5.41, 5.74) is 5.95. The molecule has 4 N–H and O–H groups in total. The summed E-state index contributed by atoms with van der Waals surface area (Å²) in [4.78, 5) is 49.7. The molecule has 3 fully saturated rings. The van der Waals surface area contributed by atoms with Crippen molar-refractivity contribution in [2.45, 2.75) is 103 Å². The summed E-state index contributed by atoms with van der Waals surface area (Å²) < 4.78 is 11.3. The number of esters is 1. The van der Waals surface area contributed by atoms with Crippen molar-refractivity contribution in [1.82, 2.24) is 0 Å². The van der Waals surface area contributed by atoms with Crippen molar-refractivity contribution >= 4 is 29.3 Å². The molecular weight excluding hydrogens is 536 g/mol. The van der Waals surface area contributed by atoms with E-state index in [1.807, 2.05) is 6.08 Å². The summed E-state index contributed by atoms with van der Waals surface area (Å²) in [6, 6.07) is 2.84. The summed E-state index contributed by atoms with van der Waals surface area (Å²) in [5.74, 6) is 0.150. The van der Waals surface area contributed by atoms with Crippen LogP contribution in [0.4, 0.5) is 5.69 Å². The number of carbonyl (C=O) groups is 4. The lowest BCUT2D eigenvalue weighted by atomic mass is 9.60. The molecule has 42 heavy (non-hydrogen) atoms. The normalized spacial score (nSPS) is 27.5. The van der Waals surface area contributed by atoms with E-state index in [0.29, 0.717) is 30.1 Å². The van der Waals surface area contributed by atoms with Crippen LogP contribution in [0.2, 0.25) is 0 Å². The number of ether oxygens (including phenoxy) is 2.